The minimum atomic E-state index is -0.773. The van der Waals surface area contributed by atoms with E-state index in [1.54, 1.807) is 0 Å². The van der Waals surface area contributed by atoms with Crippen LogP contribution in [0.15, 0.2) is 36.5 Å². The summed E-state index contributed by atoms with van der Waals surface area (Å²) >= 11 is 0. The second-order valence-electron chi connectivity index (χ2n) is 15.7. The van der Waals surface area contributed by atoms with Gasteiger partial charge in [-0.1, -0.05) is 179 Å². The first-order chi connectivity index (χ1) is 27.0. The van der Waals surface area contributed by atoms with Crippen molar-refractivity contribution in [3.05, 3.63) is 36.5 Å². The number of esters is 3. The molecule has 0 aliphatic carbocycles. The molecular weight excluding hydrogens is 685 g/mol. The van der Waals surface area contributed by atoms with E-state index in [1.165, 1.54) is 116 Å². The smallest absolute Gasteiger partial charge is 0.306 e. The standard InChI is InChI=1S/C49H88O6/c1-4-7-10-13-16-18-20-22-23-24-25-26-28-29-31-33-36-39-42-48(51)54-45-46(44-53-47(50)41-38-35-15-12-9-6-3)55-49(52)43-40-37-34-32-30-27-21-19-17-14-11-8-5-2/h18-21,23-24,46H,4-17,22,25-45H2,1-3H3/b20-18-,21-19-,24-23-. The summed E-state index contributed by atoms with van der Waals surface area (Å²) in [4.78, 5) is 37.6. The third-order valence-electron chi connectivity index (χ3n) is 10.1. The number of ether oxygens (including phenoxy) is 3. The van der Waals surface area contributed by atoms with Gasteiger partial charge in [0.1, 0.15) is 13.2 Å². The van der Waals surface area contributed by atoms with E-state index in [0.29, 0.717) is 19.3 Å². The largest absolute Gasteiger partial charge is 0.462 e. The normalized spacial score (nSPS) is 12.3. The Morgan fingerprint density at radius 1 is 0.364 bits per heavy atom. The first kappa shape index (κ1) is 52.6. The Labute approximate surface area is 340 Å². The highest BCUT2D eigenvalue weighted by molar-refractivity contribution is 5.71. The highest BCUT2D eigenvalue weighted by Gasteiger charge is 2.19. The molecule has 0 heterocycles. The van der Waals surface area contributed by atoms with Crippen molar-refractivity contribution in [1.82, 2.24) is 0 Å². The Kier molecular flexibility index (Phi) is 42.4. The molecule has 0 fully saturated rings. The van der Waals surface area contributed by atoms with Crippen LogP contribution in [-0.2, 0) is 28.6 Å². The van der Waals surface area contributed by atoms with E-state index in [4.69, 9.17) is 14.2 Å². The second-order valence-corrected chi connectivity index (χ2v) is 15.7. The van der Waals surface area contributed by atoms with Gasteiger partial charge >= 0.3 is 17.9 Å². The van der Waals surface area contributed by atoms with Crippen LogP contribution in [0.5, 0.6) is 0 Å². The van der Waals surface area contributed by atoms with Crippen molar-refractivity contribution in [2.45, 2.75) is 245 Å². The molecule has 0 rings (SSSR count). The molecule has 6 heteroatoms. The number of hydrogen-bond donors (Lipinski definition) is 0. The molecule has 0 saturated heterocycles. The molecule has 0 aromatic heterocycles. The van der Waals surface area contributed by atoms with Gasteiger partial charge in [0.05, 0.1) is 0 Å². The topological polar surface area (TPSA) is 78.9 Å². The van der Waals surface area contributed by atoms with Crippen molar-refractivity contribution >= 4 is 17.9 Å². The van der Waals surface area contributed by atoms with Gasteiger partial charge in [-0.25, -0.2) is 0 Å². The van der Waals surface area contributed by atoms with E-state index in [2.05, 4.69) is 57.2 Å². The lowest BCUT2D eigenvalue weighted by Crippen LogP contribution is -2.30. The van der Waals surface area contributed by atoms with Gasteiger partial charge in [0.25, 0.3) is 0 Å². The van der Waals surface area contributed by atoms with Gasteiger partial charge in [0, 0.05) is 19.3 Å². The first-order valence-electron chi connectivity index (χ1n) is 23.5. The fourth-order valence-electron chi connectivity index (χ4n) is 6.52. The fraction of sp³-hybridized carbons (Fsp3) is 0.816. The van der Waals surface area contributed by atoms with Crippen LogP contribution in [0.25, 0.3) is 0 Å². The van der Waals surface area contributed by atoms with Crippen molar-refractivity contribution < 1.29 is 28.6 Å². The molecule has 320 valence electrons. The predicted molar refractivity (Wildman–Crippen MR) is 233 cm³/mol. The zero-order valence-electron chi connectivity index (χ0n) is 36.4. The average Bonchev–Trinajstić information content (AvgIpc) is 3.18. The Morgan fingerprint density at radius 2 is 0.655 bits per heavy atom. The Hall–Kier alpha value is -2.37. The summed E-state index contributed by atoms with van der Waals surface area (Å²) in [6.45, 7) is 6.53. The molecule has 1 atom stereocenters. The third kappa shape index (κ3) is 42.6. The number of carbonyl (C=O) groups excluding carboxylic acids is 3. The van der Waals surface area contributed by atoms with Gasteiger partial charge in [-0.15, -0.1) is 0 Å². The zero-order valence-corrected chi connectivity index (χ0v) is 36.4. The molecular formula is C49H88O6. The van der Waals surface area contributed by atoms with Gasteiger partial charge < -0.3 is 14.2 Å². The Morgan fingerprint density at radius 3 is 1.04 bits per heavy atom. The summed E-state index contributed by atoms with van der Waals surface area (Å²) in [5, 5.41) is 0. The van der Waals surface area contributed by atoms with Crippen LogP contribution in [0, 0.1) is 0 Å². The lowest BCUT2D eigenvalue weighted by molar-refractivity contribution is -0.167. The van der Waals surface area contributed by atoms with Crippen LogP contribution in [0.3, 0.4) is 0 Å². The summed E-state index contributed by atoms with van der Waals surface area (Å²) in [6, 6.07) is 0. The minimum Gasteiger partial charge on any atom is -0.462 e. The predicted octanol–water partition coefficient (Wildman–Crippen LogP) is 15.0. The van der Waals surface area contributed by atoms with Gasteiger partial charge in [-0.05, 0) is 77.0 Å². The van der Waals surface area contributed by atoms with E-state index < -0.39 is 6.10 Å². The SMILES string of the molecule is CCCCCC/C=C\C/C=C\CCCCCCCCCC(=O)OCC(COC(=O)CCCCCCCC)OC(=O)CCCCCCC/C=C\CCCCCC. The fourth-order valence-corrected chi connectivity index (χ4v) is 6.52. The molecule has 0 aromatic carbocycles. The molecule has 0 N–H and O–H groups in total. The van der Waals surface area contributed by atoms with Crippen molar-refractivity contribution in [2.24, 2.45) is 0 Å². The van der Waals surface area contributed by atoms with Gasteiger partial charge in [0.2, 0.25) is 0 Å². The van der Waals surface area contributed by atoms with Crippen LogP contribution in [0.2, 0.25) is 0 Å². The van der Waals surface area contributed by atoms with Gasteiger partial charge in [-0.3, -0.25) is 14.4 Å². The van der Waals surface area contributed by atoms with Crippen LogP contribution in [0.1, 0.15) is 239 Å². The number of hydrogen-bond acceptors (Lipinski definition) is 6. The molecule has 0 amide bonds. The first-order valence-corrected chi connectivity index (χ1v) is 23.5. The van der Waals surface area contributed by atoms with Crippen LogP contribution in [-0.4, -0.2) is 37.2 Å². The maximum absolute atomic E-state index is 12.7. The lowest BCUT2D eigenvalue weighted by atomic mass is 10.1. The van der Waals surface area contributed by atoms with Crippen LogP contribution >= 0.6 is 0 Å². The highest BCUT2D eigenvalue weighted by Crippen LogP contribution is 2.14. The van der Waals surface area contributed by atoms with Crippen molar-refractivity contribution in [1.29, 1.82) is 0 Å². The highest BCUT2D eigenvalue weighted by atomic mass is 16.6. The van der Waals surface area contributed by atoms with Crippen LogP contribution in [0.4, 0.5) is 0 Å². The molecule has 0 saturated carbocycles. The molecule has 1 unspecified atom stereocenters. The summed E-state index contributed by atoms with van der Waals surface area (Å²) in [5.41, 5.74) is 0. The number of allylic oxidation sites excluding steroid dienone is 6. The number of unbranched alkanes of at least 4 members (excludes halogenated alkanes) is 25. The molecule has 0 aliphatic rings. The molecule has 0 aromatic rings. The molecule has 0 radical (unpaired) electrons. The average molecular weight is 773 g/mol. The molecule has 0 aliphatic heterocycles. The lowest BCUT2D eigenvalue weighted by Gasteiger charge is -2.18. The Bertz CT molecular complexity index is 938. The molecule has 6 nitrogen and oxygen atoms in total. The van der Waals surface area contributed by atoms with E-state index >= 15 is 0 Å². The van der Waals surface area contributed by atoms with Gasteiger partial charge in [0.15, 0.2) is 6.10 Å². The van der Waals surface area contributed by atoms with E-state index in [9.17, 15) is 14.4 Å². The summed E-state index contributed by atoms with van der Waals surface area (Å²) in [7, 11) is 0. The molecule has 0 bridgehead atoms. The number of rotatable bonds is 42. The van der Waals surface area contributed by atoms with Crippen LogP contribution < -0.4 is 0 Å². The molecule has 0 spiro atoms. The van der Waals surface area contributed by atoms with Crippen molar-refractivity contribution in [3.63, 3.8) is 0 Å². The maximum atomic E-state index is 12.7. The summed E-state index contributed by atoms with van der Waals surface area (Å²) in [5.74, 6) is -0.901. The minimum absolute atomic E-state index is 0.0775. The Balaban J connectivity index is 4.25. The molecule has 55 heavy (non-hydrogen) atoms. The monoisotopic (exact) mass is 773 g/mol. The van der Waals surface area contributed by atoms with E-state index in [1.807, 2.05) is 0 Å². The second kappa shape index (κ2) is 44.3. The summed E-state index contributed by atoms with van der Waals surface area (Å²) < 4.78 is 16.6. The summed E-state index contributed by atoms with van der Waals surface area (Å²) in [6.07, 6.45) is 50.0. The number of carbonyl (C=O) groups is 3. The van der Waals surface area contributed by atoms with E-state index in [-0.39, 0.29) is 31.1 Å². The van der Waals surface area contributed by atoms with Gasteiger partial charge in [-0.2, -0.15) is 0 Å². The van der Waals surface area contributed by atoms with Crippen molar-refractivity contribution in [3.8, 4) is 0 Å². The van der Waals surface area contributed by atoms with E-state index in [0.717, 1.165) is 83.5 Å². The third-order valence-corrected chi connectivity index (χ3v) is 10.1. The van der Waals surface area contributed by atoms with Crippen molar-refractivity contribution in [2.75, 3.05) is 13.2 Å². The quantitative estimate of drug-likeness (QED) is 0.0266. The zero-order chi connectivity index (χ0) is 40.1. The maximum Gasteiger partial charge on any atom is 0.306 e.